The van der Waals surface area contributed by atoms with Crippen LogP contribution in [0.1, 0.15) is 13.8 Å². The maximum atomic E-state index is 7.37. The molecular formula is C7H8BrClN4. The lowest BCUT2D eigenvalue weighted by Gasteiger charge is -2.11. The van der Waals surface area contributed by atoms with Crippen molar-refractivity contribution >= 4 is 44.4 Å². The van der Waals surface area contributed by atoms with Crippen LogP contribution in [0, 0.1) is 5.41 Å². The maximum Gasteiger partial charge on any atom is 0.203 e. The van der Waals surface area contributed by atoms with Gasteiger partial charge in [-0.05, 0) is 41.4 Å². The van der Waals surface area contributed by atoms with E-state index < -0.39 is 0 Å². The molecular weight excluding hydrogens is 255 g/mol. The fourth-order valence-corrected chi connectivity index (χ4v) is 1.16. The Bertz CT molecular complexity index is 342. The van der Waals surface area contributed by atoms with Crippen molar-refractivity contribution in [3.63, 3.8) is 0 Å². The molecule has 0 bridgehead atoms. The highest BCUT2D eigenvalue weighted by molar-refractivity contribution is 9.12. The first-order valence-corrected chi connectivity index (χ1v) is 4.69. The van der Waals surface area contributed by atoms with E-state index in [9.17, 15) is 0 Å². The van der Waals surface area contributed by atoms with Crippen molar-refractivity contribution in [2.75, 3.05) is 0 Å². The fourth-order valence-electron chi connectivity index (χ4n) is 0.764. The van der Waals surface area contributed by atoms with Crippen LogP contribution >= 0.6 is 27.5 Å². The summed E-state index contributed by atoms with van der Waals surface area (Å²) in [5.41, 5.74) is 0.380. The quantitative estimate of drug-likeness (QED) is 0.553. The standard InChI is InChI=1S/C7H8BrClN4/c1-3(10)5(8)6-11-4(2)12-7(9)13-6/h10H,1-2H3,(H,11,12,13)/b6-5+,10-3?. The van der Waals surface area contributed by atoms with Gasteiger partial charge in [-0.3, -0.25) is 0 Å². The number of hydrogen-bond acceptors (Lipinski definition) is 4. The highest BCUT2D eigenvalue weighted by Crippen LogP contribution is 2.15. The number of hydrogen-bond donors (Lipinski definition) is 2. The summed E-state index contributed by atoms with van der Waals surface area (Å²) < 4.78 is 0.583. The number of nitrogens with one attached hydrogen (secondary N) is 2. The number of halogens is 2. The van der Waals surface area contributed by atoms with Gasteiger partial charge in [0.25, 0.3) is 0 Å². The van der Waals surface area contributed by atoms with E-state index in [1.165, 1.54) is 0 Å². The zero-order valence-electron chi connectivity index (χ0n) is 7.15. The number of aliphatic imine (C=N–C) groups is 2. The van der Waals surface area contributed by atoms with Gasteiger partial charge in [-0.15, -0.1) is 0 Å². The Morgan fingerprint density at radius 2 is 2.15 bits per heavy atom. The second-order valence-corrected chi connectivity index (χ2v) is 3.63. The molecule has 1 rings (SSSR count). The summed E-state index contributed by atoms with van der Waals surface area (Å²) in [7, 11) is 0. The first-order chi connectivity index (χ1) is 6.00. The van der Waals surface area contributed by atoms with Crippen molar-refractivity contribution in [1.29, 1.82) is 5.41 Å². The van der Waals surface area contributed by atoms with Gasteiger partial charge in [0, 0.05) is 5.71 Å². The van der Waals surface area contributed by atoms with Crippen molar-refractivity contribution in [3.05, 3.63) is 10.3 Å². The summed E-state index contributed by atoms with van der Waals surface area (Å²) in [6, 6.07) is 0. The summed E-state index contributed by atoms with van der Waals surface area (Å²) in [6.07, 6.45) is 0. The predicted octanol–water partition coefficient (Wildman–Crippen LogP) is 2.21. The minimum atomic E-state index is 0.265. The average Bonchev–Trinajstić information content (AvgIpc) is 2.01. The molecule has 0 aromatic heterocycles. The minimum absolute atomic E-state index is 0.265. The molecule has 0 aromatic carbocycles. The van der Waals surface area contributed by atoms with Gasteiger partial charge in [-0.1, -0.05) is 0 Å². The summed E-state index contributed by atoms with van der Waals surface area (Å²) in [5, 5.41) is 10.4. The smallest absolute Gasteiger partial charge is 0.203 e. The minimum Gasteiger partial charge on any atom is -0.314 e. The summed E-state index contributed by atoms with van der Waals surface area (Å²) in [6.45, 7) is 3.39. The zero-order chi connectivity index (χ0) is 10.0. The van der Waals surface area contributed by atoms with Crippen LogP contribution < -0.4 is 5.32 Å². The van der Waals surface area contributed by atoms with E-state index in [1.54, 1.807) is 13.8 Å². The molecule has 0 atom stereocenters. The highest BCUT2D eigenvalue weighted by Gasteiger charge is 2.11. The van der Waals surface area contributed by atoms with Crippen LogP contribution in [0.2, 0.25) is 0 Å². The Morgan fingerprint density at radius 3 is 2.62 bits per heavy atom. The molecule has 4 nitrogen and oxygen atoms in total. The van der Waals surface area contributed by atoms with Crippen LogP contribution in [0.5, 0.6) is 0 Å². The Kier molecular flexibility index (Phi) is 3.22. The van der Waals surface area contributed by atoms with Crippen molar-refractivity contribution < 1.29 is 0 Å². The van der Waals surface area contributed by atoms with Gasteiger partial charge >= 0.3 is 0 Å². The Hall–Kier alpha value is -0.680. The molecule has 70 valence electrons. The van der Waals surface area contributed by atoms with Gasteiger partial charge in [0.05, 0.1) is 4.48 Å². The van der Waals surface area contributed by atoms with Gasteiger partial charge in [-0.25, -0.2) is 9.98 Å². The summed E-state index contributed by atoms with van der Waals surface area (Å²) in [4.78, 5) is 7.95. The van der Waals surface area contributed by atoms with E-state index in [4.69, 9.17) is 17.0 Å². The molecule has 0 aliphatic carbocycles. The van der Waals surface area contributed by atoms with E-state index in [0.29, 0.717) is 21.9 Å². The second kappa shape index (κ2) is 4.02. The third-order valence-corrected chi connectivity index (χ3v) is 2.44. The lowest BCUT2D eigenvalue weighted by molar-refractivity contribution is 1.06. The Balaban J connectivity index is 3.06. The van der Waals surface area contributed by atoms with Gasteiger partial charge in [-0.2, -0.15) is 0 Å². The zero-order valence-corrected chi connectivity index (χ0v) is 9.49. The summed E-state index contributed by atoms with van der Waals surface area (Å²) >= 11 is 8.92. The molecule has 0 amide bonds. The van der Waals surface area contributed by atoms with Crippen molar-refractivity contribution in [1.82, 2.24) is 5.32 Å². The number of nitrogens with zero attached hydrogens (tertiary/aromatic N) is 2. The molecule has 1 heterocycles. The van der Waals surface area contributed by atoms with Crippen molar-refractivity contribution in [2.45, 2.75) is 13.8 Å². The third kappa shape index (κ3) is 2.63. The molecule has 0 saturated heterocycles. The first kappa shape index (κ1) is 10.4. The van der Waals surface area contributed by atoms with Gasteiger partial charge < -0.3 is 10.7 Å². The SMILES string of the molecule is CC(=N)/C(Br)=C1/N=C(C)N=C(Cl)N1. The largest absolute Gasteiger partial charge is 0.314 e. The van der Waals surface area contributed by atoms with Crippen molar-refractivity contribution in [2.24, 2.45) is 9.98 Å². The molecule has 1 aliphatic rings. The Morgan fingerprint density at radius 1 is 1.54 bits per heavy atom. The van der Waals surface area contributed by atoms with E-state index in [0.717, 1.165) is 0 Å². The molecule has 0 fully saturated rings. The van der Waals surface area contributed by atoms with E-state index in [1.807, 2.05) is 0 Å². The Labute approximate surface area is 89.4 Å². The third-order valence-electron chi connectivity index (χ3n) is 1.29. The molecule has 0 saturated carbocycles. The van der Waals surface area contributed by atoms with Gasteiger partial charge in [0.15, 0.2) is 5.82 Å². The summed E-state index contributed by atoms with van der Waals surface area (Å²) in [5.74, 6) is 1.09. The lowest BCUT2D eigenvalue weighted by atomic mass is 10.4. The highest BCUT2D eigenvalue weighted by atomic mass is 79.9. The predicted molar refractivity (Wildman–Crippen MR) is 58.9 cm³/mol. The molecule has 2 N–H and O–H groups in total. The van der Waals surface area contributed by atoms with E-state index in [2.05, 4.69) is 31.2 Å². The van der Waals surface area contributed by atoms with Crippen LogP contribution in [0.3, 0.4) is 0 Å². The number of amidine groups is 2. The van der Waals surface area contributed by atoms with Gasteiger partial charge in [0.2, 0.25) is 5.29 Å². The molecule has 6 heteroatoms. The molecule has 1 aliphatic heterocycles. The average molecular weight is 264 g/mol. The van der Waals surface area contributed by atoms with Crippen LogP contribution in [-0.2, 0) is 0 Å². The number of allylic oxidation sites excluding steroid dienone is 1. The molecule has 13 heavy (non-hydrogen) atoms. The number of rotatable bonds is 1. The van der Waals surface area contributed by atoms with Crippen molar-refractivity contribution in [3.8, 4) is 0 Å². The van der Waals surface area contributed by atoms with Gasteiger partial charge in [0.1, 0.15) is 5.84 Å². The van der Waals surface area contributed by atoms with E-state index in [-0.39, 0.29) is 5.29 Å². The van der Waals surface area contributed by atoms with Crippen LogP contribution in [0.4, 0.5) is 0 Å². The van der Waals surface area contributed by atoms with Crippen LogP contribution in [0.25, 0.3) is 0 Å². The van der Waals surface area contributed by atoms with Crippen LogP contribution in [-0.4, -0.2) is 16.8 Å². The molecule has 0 radical (unpaired) electrons. The van der Waals surface area contributed by atoms with Crippen LogP contribution in [0.15, 0.2) is 20.3 Å². The maximum absolute atomic E-state index is 7.37. The molecule has 0 spiro atoms. The lowest BCUT2D eigenvalue weighted by Crippen LogP contribution is -2.23. The molecule has 0 unspecified atom stereocenters. The second-order valence-electron chi connectivity index (χ2n) is 2.47. The first-order valence-electron chi connectivity index (χ1n) is 3.52. The normalized spacial score (nSPS) is 20.0. The van der Waals surface area contributed by atoms with E-state index >= 15 is 0 Å². The molecule has 0 aromatic rings. The fraction of sp³-hybridized carbons (Fsp3) is 0.286. The monoisotopic (exact) mass is 262 g/mol. The topological polar surface area (TPSA) is 60.6 Å².